The SMILES string of the molecule is CN(CCc1ccncc1)CCC1CC2CCC(C1)N2. The van der Waals surface area contributed by atoms with E-state index in [0.29, 0.717) is 0 Å². The van der Waals surface area contributed by atoms with E-state index >= 15 is 0 Å². The quantitative estimate of drug-likeness (QED) is 0.863. The molecule has 1 aromatic heterocycles. The molecule has 110 valence electrons. The number of rotatable bonds is 6. The van der Waals surface area contributed by atoms with Crippen LogP contribution in [0, 0.1) is 5.92 Å². The monoisotopic (exact) mass is 273 g/mol. The van der Waals surface area contributed by atoms with Gasteiger partial charge < -0.3 is 10.2 Å². The van der Waals surface area contributed by atoms with Gasteiger partial charge in [-0.3, -0.25) is 4.98 Å². The van der Waals surface area contributed by atoms with Crippen LogP contribution in [-0.4, -0.2) is 42.1 Å². The first kappa shape index (κ1) is 14.0. The first-order valence-electron chi connectivity index (χ1n) is 8.13. The minimum Gasteiger partial charge on any atom is -0.311 e. The molecule has 3 heterocycles. The van der Waals surface area contributed by atoms with E-state index in [2.05, 4.69) is 34.4 Å². The van der Waals surface area contributed by atoms with Gasteiger partial charge in [0.2, 0.25) is 0 Å². The van der Waals surface area contributed by atoms with Crippen LogP contribution in [0.4, 0.5) is 0 Å². The largest absolute Gasteiger partial charge is 0.311 e. The van der Waals surface area contributed by atoms with Crippen molar-refractivity contribution in [1.82, 2.24) is 15.2 Å². The Morgan fingerprint density at radius 3 is 2.55 bits per heavy atom. The summed E-state index contributed by atoms with van der Waals surface area (Å²) < 4.78 is 0. The summed E-state index contributed by atoms with van der Waals surface area (Å²) in [6.07, 6.45) is 11.9. The van der Waals surface area contributed by atoms with Crippen LogP contribution < -0.4 is 5.32 Å². The fourth-order valence-electron chi connectivity index (χ4n) is 3.79. The van der Waals surface area contributed by atoms with Crippen molar-refractivity contribution in [3.63, 3.8) is 0 Å². The van der Waals surface area contributed by atoms with Gasteiger partial charge >= 0.3 is 0 Å². The summed E-state index contributed by atoms with van der Waals surface area (Å²) in [4.78, 5) is 6.56. The number of aromatic nitrogens is 1. The van der Waals surface area contributed by atoms with Crippen molar-refractivity contribution in [1.29, 1.82) is 0 Å². The standard InChI is InChI=1S/C17H27N3/c1-20(10-6-14-4-8-18-9-5-14)11-7-15-12-16-2-3-17(13-15)19-16/h4-5,8-9,15-17,19H,2-3,6-7,10-13H2,1H3. The lowest BCUT2D eigenvalue weighted by Crippen LogP contribution is -2.39. The van der Waals surface area contributed by atoms with Crippen LogP contribution in [0.5, 0.6) is 0 Å². The minimum absolute atomic E-state index is 0.834. The molecule has 2 saturated heterocycles. The fraction of sp³-hybridized carbons (Fsp3) is 0.706. The van der Waals surface area contributed by atoms with Crippen LogP contribution in [0.3, 0.4) is 0 Å². The van der Waals surface area contributed by atoms with E-state index in [1.165, 1.54) is 44.2 Å². The maximum Gasteiger partial charge on any atom is 0.0270 e. The molecule has 2 unspecified atom stereocenters. The molecule has 3 heteroatoms. The minimum atomic E-state index is 0.834. The van der Waals surface area contributed by atoms with Crippen molar-refractivity contribution in [2.75, 3.05) is 20.1 Å². The van der Waals surface area contributed by atoms with Crippen LogP contribution in [-0.2, 0) is 6.42 Å². The van der Waals surface area contributed by atoms with Crippen LogP contribution in [0.1, 0.15) is 37.7 Å². The number of pyridine rings is 1. The van der Waals surface area contributed by atoms with Gasteiger partial charge in [0.15, 0.2) is 0 Å². The molecule has 2 fully saturated rings. The molecule has 0 saturated carbocycles. The highest BCUT2D eigenvalue weighted by Crippen LogP contribution is 2.32. The van der Waals surface area contributed by atoms with Gasteiger partial charge in [-0.1, -0.05) is 0 Å². The molecule has 0 radical (unpaired) electrons. The van der Waals surface area contributed by atoms with Crippen molar-refractivity contribution >= 4 is 0 Å². The fourth-order valence-corrected chi connectivity index (χ4v) is 3.79. The molecule has 0 aromatic carbocycles. The van der Waals surface area contributed by atoms with Gasteiger partial charge in [-0.25, -0.2) is 0 Å². The third-order valence-electron chi connectivity index (χ3n) is 5.02. The molecule has 0 aliphatic carbocycles. The molecule has 0 spiro atoms. The number of nitrogens with one attached hydrogen (secondary N) is 1. The molecule has 3 nitrogen and oxygen atoms in total. The molecule has 1 aromatic rings. The van der Waals surface area contributed by atoms with Crippen molar-refractivity contribution in [2.45, 2.75) is 50.6 Å². The molecule has 2 bridgehead atoms. The smallest absolute Gasteiger partial charge is 0.0270 e. The molecular formula is C17H27N3. The summed E-state index contributed by atoms with van der Waals surface area (Å²) in [6, 6.07) is 5.91. The summed E-state index contributed by atoms with van der Waals surface area (Å²) >= 11 is 0. The average molecular weight is 273 g/mol. The van der Waals surface area contributed by atoms with Crippen LogP contribution >= 0.6 is 0 Å². The van der Waals surface area contributed by atoms with E-state index in [1.807, 2.05) is 12.4 Å². The number of hydrogen-bond donors (Lipinski definition) is 1. The van der Waals surface area contributed by atoms with E-state index in [4.69, 9.17) is 0 Å². The molecule has 20 heavy (non-hydrogen) atoms. The molecule has 0 amide bonds. The second kappa shape index (κ2) is 6.68. The van der Waals surface area contributed by atoms with Gasteiger partial charge in [-0.05, 0) is 75.7 Å². The highest BCUT2D eigenvalue weighted by atomic mass is 15.1. The Morgan fingerprint density at radius 1 is 1.15 bits per heavy atom. The second-order valence-corrected chi connectivity index (χ2v) is 6.67. The van der Waals surface area contributed by atoms with Gasteiger partial charge in [0.1, 0.15) is 0 Å². The van der Waals surface area contributed by atoms with Gasteiger partial charge in [-0.2, -0.15) is 0 Å². The number of hydrogen-bond acceptors (Lipinski definition) is 3. The second-order valence-electron chi connectivity index (χ2n) is 6.67. The molecule has 2 aliphatic rings. The third-order valence-corrected chi connectivity index (χ3v) is 5.02. The summed E-state index contributed by atoms with van der Waals surface area (Å²) in [5.74, 6) is 0.956. The molecule has 1 N–H and O–H groups in total. The predicted molar refractivity (Wildman–Crippen MR) is 82.7 cm³/mol. The lowest BCUT2D eigenvalue weighted by Gasteiger charge is -2.30. The van der Waals surface area contributed by atoms with Crippen molar-refractivity contribution in [3.8, 4) is 0 Å². The highest BCUT2D eigenvalue weighted by molar-refractivity contribution is 5.09. The van der Waals surface area contributed by atoms with Crippen molar-refractivity contribution < 1.29 is 0 Å². The Morgan fingerprint density at radius 2 is 1.85 bits per heavy atom. The summed E-state index contributed by atoms with van der Waals surface area (Å²) in [7, 11) is 2.26. The van der Waals surface area contributed by atoms with Crippen molar-refractivity contribution in [2.24, 2.45) is 5.92 Å². The lowest BCUT2D eigenvalue weighted by atomic mass is 9.89. The van der Waals surface area contributed by atoms with Crippen LogP contribution in [0.15, 0.2) is 24.5 Å². The number of nitrogens with zero attached hydrogens (tertiary/aromatic N) is 2. The van der Waals surface area contributed by atoms with Crippen molar-refractivity contribution in [3.05, 3.63) is 30.1 Å². The van der Waals surface area contributed by atoms with E-state index < -0.39 is 0 Å². The summed E-state index contributed by atoms with van der Waals surface area (Å²) in [5.41, 5.74) is 1.40. The van der Waals surface area contributed by atoms with Crippen LogP contribution in [0.25, 0.3) is 0 Å². The molecule has 3 rings (SSSR count). The Kier molecular flexibility index (Phi) is 4.69. The maximum absolute atomic E-state index is 4.07. The van der Waals surface area contributed by atoms with Gasteiger partial charge in [0.05, 0.1) is 0 Å². The highest BCUT2D eigenvalue weighted by Gasteiger charge is 2.32. The van der Waals surface area contributed by atoms with Gasteiger partial charge in [-0.15, -0.1) is 0 Å². The number of fused-ring (bicyclic) bond motifs is 2. The zero-order chi connectivity index (χ0) is 13.8. The lowest BCUT2D eigenvalue weighted by molar-refractivity contribution is 0.243. The Bertz CT molecular complexity index is 394. The Hall–Kier alpha value is -0.930. The Balaban J connectivity index is 1.36. The van der Waals surface area contributed by atoms with E-state index in [-0.39, 0.29) is 0 Å². The number of piperidine rings is 1. The van der Waals surface area contributed by atoms with Gasteiger partial charge in [0.25, 0.3) is 0 Å². The zero-order valence-electron chi connectivity index (χ0n) is 12.6. The van der Waals surface area contributed by atoms with E-state index in [0.717, 1.165) is 31.0 Å². The maximum atomic E-state index is 4.07. The first-order chi connectivity index (χ1) is 9.79. The zero-order valence-corrected chi connectivity index (χ0v) is 12.6. The summed E-state index contributed by atoms with van der Waals surface area (Å²) in [5, 5.41) is 3.74. The normalized spacial score (nSPS) is 29.0. The Labute approximate surface area is 122 Å². The molecular weight excluding hydrogens is 246 g/mol. The topological polar surface area (TPSA) is 28.2 Å². The van der Waals surface area contributed by atoms with Gasteiger partial charge in [0, 0.05) is 31.0 Å². The average Bonchev–Trinajstić information content (AvgIpc) is 2.83. The summed E-state index contributed by atoms with van der Waals surface area (Å²) in [6.45, 7) is 2.40. The molecule has 2 aliphatic heterocycles. The van der Waals surface area contributed by atoms with E-state index in [1.54, 1.807) is 0 Å². The van der Waals surface area contributed by atoms with Crippen LogP contribution in [0.2, 0.25) is 0 Å². The van der Waals surface area contributed by atoms with E-state index in [9.17, 15) is 0 Å². The predicted octanol–water partition coefficient (Wildman–Crippen LogP) is 2.48. The first-order valence-corrected chi connectivity index (χ1v) is 8.13. The number of likely N-dealkylation sites (N-methyl/N-ethyl adjacent to an activating group) is 1. The molecule has 2 atom stereocenters. The third kappa shape index (κ3) is 3.80.